The molecule has 0 spiro atoms. The van der Waals surface area contributed by atoms with Gasteiger partial charge in [0.05, 0.1) is 4.92 Å². The van der Waals surface area contributed by atoms with Crippen LogP contribution in [-0.2, 0) is 4.79 Å². The molecule has 0 bridgehead atoms. The second-order valence-electron chi connectivity index (χ2n) is 3.53. The van der Waals surface area contributed by atoms with Gasteiger partial charge in [0.25, 0.3) is 5.69 Å². The Hall–Kier alpha value is -1.95. The summed E-state index contributed by atoms with van der Waals surface area (Å²) < 4.78 is 0. The first-order valence-corrected chi connectivity index (χ1v) is 5.28. The van der Waals surface area contributed by atoms with Crippen molar-refractivity contribution in [1.29, 1.82) is 0 Å². The predicted octanol–water partition coefficient (Wildman–Crippen LogP) is 1.70. The first-order valence-electron chi connectivity index (χ1n) is 5.28. The summed E-state index contributed by atoms with van der Waals surface area (Å²) >= 11 is 0. The number of non-ortho nitro benzene ring substituents is 1. The first kappa shape index (κ1) is 13.1. The maximum Gasteiger partial charge on any atom is 0.269 e. The summed E-state index contributed by atoms with van der Waals surface area (Å²) in [6, 6.07) is 5.65. The molecule has 17 heavy (non-hydrogen) atoms. The fourth-order valence-corrected chi connectivity index (χ4v) is 1.29. The van der Waals surface area contributed by atoms with Gasteiger partial charge in [-0.2, -0.15) is 0 Å². The summed E-state index contributed by atoms with van der Waals surface area (Å²) in [5.41, 5.74) is 0.521. The Morgan fingerprint density at radius 3 is 2.47 bits per heavy atom. The Morgan fingerprint density at radius 1 is 1.29 bits per heavy atom. The Morgan fingerprint density at radius 2 is 1.94 bits per heavy atom. The summed E-state index contributed by atoms with van der Waals surface area (Å²) in [5, 5.41) is 21.6. The van der Waals surface area contributed by atoms with Crippen molar-refractivity contribution >= 4 is 17.3 Å². The zero-order valence-electron chi connectivity index (χ0n) is 9.26. The van der Waals surface area contributed by atoms with Crippen molar-refractivity contribution in [3.63, 3.8) is 0 Å². The minimum atomic E-state index is -0.493. The highest BCUT2D eigenvalue weighted by atomic mass is 16.6. The van der Waals surface area contributed by atoms with Crippen molar-refractivity contribution in [2.24, 2.45) is 0 Å². The molecule has 0 aliphatic rings. The number of aliphatic hydroxyl groups excluding tert-OH is 1. The molecular weight excluding hydrogens is 224 g/mol. The van der Waals surface area contributed by atoms with Crippen LogP contribution in [0.5, 0.6) is 0 Å². The maximum absolute atomic E-state index is 11.4. The third-order valence-electron chi connectivity index (χ3n) is 2.17. The van der Waals surface area contributed by atoms with E-state index < -0.39 is 4.92 Å². The summed E-state index contributed by atoms with van der Waals surface area (Å²) in [7, 11) is 0. The van der Waals surface area contributed by atoms with Gasteiger partial charge in [0.15, 0.2) is 0 Å². The van der Waals surface area contributed by atoms with Crippen molar-refractivity contribution in [2.75, 3.05) is 11.9 Å². The molecule has 1 aromatic carbocycles. The zero-order valence-corrected chi connectivity index (χ0v) is 9.26. The number of hydrogen-bond acceptors (Lipinski definition) is 4. The predicted molar refractivity (Wildman–Crippen MR) is 62.7 cm³/mol. The van der Waals surface area contributed by atoms with E-state index in [4.69, 9.17) is 5.11 Å². The smallest absolute Gasteiger partial charge is 0.269 e. The fourth-order valence-electron chi connectivity index (χ4n) is 1.29. The van der Waals surface area contributed by atoms with Crippen molar-refractivity contribution < 1.29 is 14.8 Å². The van der Waals surface area contributed by atoms with Crippen molar-refractivity contribution in [3.8, 4) is 0 Å². The van der Waals surface area contributed by atoms with Crippen LogP contribution in [0.15, 0.2) is 24.3 Å². The third kappa shape index (κ3) is 4.60. The summed E-state index contributed by atoms with van der Waals surface area (Å²) in [6.07, 6.45) is 1.54. The van der Waals surface area contributed by atoms with Crippen LogP contribution in [0.2, 0.25) is 0 Å². The van der Waals surface area contributed by atoms with Crippen LogP contribution in [0.25, 0.3) is 0 Å². The number of nitrogens with one attached hydrogen (secondary N) is 1. The number of nitrogens with zero attached hydrogens (tertiary/aromatic N) is 1. The van der Waals surface area contributed by atoms with E-state index in [-0.39, 0.29) is 18.2 Å². The average molecular weight is 238 g/mol. The lowest BCUT2D eigenvalue weighted by atomic mass is 10.2. The van der Waals surface area contributed by atoms with E-state index in [0.717, 1.165) is 0 Å². The second kappa shape index (κ2) is 6.59. The van der Waals surface area contributed by atoms with Crippen molar-refractivity contribution in [3.05, 3.63) is 34.4 Å². The molecule has 0 atom stereocenters. The molecule has 0 radical (unpaired) electrons. The van der Waals surface area contributed by atoms with Gasteiger partial charge in [-0.1, -0.05) is 0 Å². The number of carbonyl (C=O) groups excluding carboxylic acids is 1. The fraction of sp³-hybridized carbons (Fsp3) is 0.364. The molecule has 0 fully saturated rings. The van der Waals surface area contributed by atoms with Crippen LogP contribution >= 0.6 is 0 Å². The number of rotatable bonds is 6. The molecule has 1 rings (SSSR count). The van der Waals surface area contributed by atoms with Crippen LogP contribution in [0.4, 0.5) is 11.4 Å². The molecule has 0 heterocycles. The molecule has 0 aliphatic heterocycles. The monoisotopic (exact) mass is 238 g/mol. The molecule has 6 heteroatoms. The van der Waals surface area contributed by atoms with Crippen molar-refractivity contribution in [2.45, 2.75) is 19.3 Å². The lowest BCUT2D eigenvalue weighted by molar-refractivity contribution is -0.384. The van der Waals surface area contributed by atoms with E-state index in [1.54, 1.807) is 0 Å². The lowest BCUT2D eigenvalue weighted by Crippen LogP contribution is -2.11. The summed E-state index contributed by atoms with van der Waals surface area (Å²) in [4.78, 5) is 21.3. The van der Waals surface area contributed by atoms with Gasteiger partial charge in [-0.05, 0) is 25.0 Å². The zero-order chi connectivity index (χ0) is 12.7. The molecule has 0 saturated heterocycles. The van der Waals surface area contributed by atoms with E-state index in [9.17, 15) is 14.9 Å². The molecule has 0 aromatic heterocycles. The van der Waals surface area contributed by atoms with E-state index >= 15 is 0 Å². The maximum atomic E-state index is 11.4. The minimum absolute atomic E-state index is 0.0109. The normalized spacial score (nSPS) is 9.94. The molecule has 1 aromatic rings. The Bertz CT molecular complexity index is 389. The van der Waals surface area contributed by atoms with Crippen LogP contribution in [-0.4, -0.2) is 22.5 Å². The largest absolute Gasteiger partial charge is 0.396 e. The highest BCUT2D eigenvalue weighted by molar-refractivity contribution is 5.90. The van der Waals surface area contributed by atoms with Gasteiger partial charge in [0, 0.05) is 30.8 Å². The number of unbranched alkanes of at least 4 members (excludes halogenated alkanes) is 1. The molecular formula is C11H14N2O4. The van der Waals surface area contributed by atoms with Gasteiger partial charge < -0.3 is 10.4 Å². The topological polar surface area (TPSA) is 92.5 Å². The Balaban J connectivity index is 2.46. The van der Waals surface area contributed by atoms with Crippen LogP contribution in [0.3, 0.4) is 0 Å². The molecule has 0 unspecified atom stereocenters. The van der Waals surface area contributed by atoms with E-state index in [1.807, 2.05) is 0 Å². The number of aliphatic hydroxyl groups is 1. The Labute approximate surface area is 98.4 Å². The average Bonchev–Trinajstić information content (AvgIpc) is 2.30. The molecule has 2 N–H and O–H groups in total. The van der Waals surface area contributed by atoms with Crippen LogP contribution in [0, 0.1) is 10.1 Å². The highest BCUT2D eigenvalue weighted by Gasteiger charge is 2.06. The van der Waals surface area contributed by atoms with Crippen molar-refractivity contribution in [1.82, 2.24) is 0 Å². The molecule has 1 amide bonds. The summed E-state index contributed by atoms with van der Waals surface area (Å²) in [5.74, 6) is -0.160. The number of hydrogen-bond donors (Lipinski definition) is 2. The van der Waals surface area contributed by atoms with E-state index in [1.165, 1.54) is 24.3 Å². The van der Waals surface area contributed by atoms with Gasteiger partial charge in [-0.15, -0.1) is 0 Å². The van der Waals surface area contributed by atoms with Gasteiger partial charge in [0.1, 0.15) is 0 Å². The number of anilines is 1. The van der Waals surface area contributed by atoms with Gasteiger partial charge in [0.2, 0.25) is 5.91 Å². The molecule has 0 saturated carbocycles. The number of carbonyl (C=O) groups is 1. The van der Waals surface area contributed by atoms with E-state index in [2.05, 4.69) is 5.32 Å². The number of amides is 1. The first-order chi connectivity index (χ1) is 8.13. The number of benzene rings is 1. The quantitative estimate of drug-likeness (QED) is 0.448. The number of nitro benzene ring substituents is 1. The molecule has 0 aliphatic carbocycles. The summed E-state index contributed by atoms with van der Waals surface area (Å²) in [6.45, 7) is 0.0742. The number of nitro groups is 1. The lowest BCUT2D eigenvalue weighted by Gasteiger charge is -2.04. The molecule has 6 nitrogen and oxygen atoms in total. The minimum Gasteiger partial charge on any atom is -0.396 e. The van der Waals surface area contributed by atoms with Gasteiger partial charge in [-0.25, -0.2) is 0 Å². The Kier molecular flexibility index (Phi) is 5.09. The second-order valence-corrected chi connectivity index (χ2v) is 3.53. The third-order valence-corrected chi connectivity index (χ3v) is 2.17. The van der Waals surface area contributed by atoms with Gasteiger partial charge in [-0.3, -0.25) is 14.9 Å². The SMILES string of the molecule is O=C(CCCCO)Nc1ccc([N+](=O)[O-])cc1. The highest BCUT2D eigenvalue weighted by Crippen LogP contribution is 2.15. The van der Waals surface area contributed by atoms with E-state index in [0.29, 0.717) is 24.9 Å². The van der Waals surface area contributed by atoms with Crippen LogP contribution in [0.1, 0.15) is 19.3 Å². The molecule has 92 valence electrons. The van der Waals surface area contributed by atoms with Gasteiger partial charge >= 0.3 is 0 Å². The van der Waals surface area contributed by atoms with Crippen LogP contribution < -0.4 is 5.32 Å². The standard InChI is InChI=1S/C11H14N2O4/c14-8-2-1-3-11(15)12-9-4-6-10(7-5-9)13(16)17/h4-7,14H,1-3,8H2,(H,12,15).